The molecule has 4 atom stereocenters. The number of carbonyl (C=O) groups is 3. The van der Waals surface area contributed by atoms with Gasteiger partial charge in [-0.3, -0.25) is 9.69 Å². The molecule has 0 bridgehead atoms. The van der Waals surface area contributed by atoms with Gasteiger partial charge in [-0.1, -0.05) is 42.5 Å². The third kappa shape index (κ3) is 5.69. The lowest BCUT2D eigenvalue weighted by molar-refractivity contribution is -0.793. The van der Waals surface area contributed by atoms with Gasteiger partial charge in [-0.2, -0.15) is 21.9 Å². The number of amides is 2. The highest BCUT2D eigenvalue weighted by Crippen LogP contribution is 2.31. The summed E-state index contributed by atoms with van der Waals surface area (Å²) in [6.07, 6.45) is 1.11. The molecule has 0 aliphatic carbocycles. The summed E-state index contributed by atoms with van der Waals surface area (Å²) in [5.74, 6) is -1.20. The predicted molar refractivity (Wildman–Crippen MR) is 139 cm³/mol. The molecule has 8 nitrogen and oxygen atoms in total. The van der Waals surface area contributed by atoms with E-state index in [0.717, 1.165) is 16.3 Å². The summed E-state index contributed by atoms with van der Waals surface area (Å²) in [4.78, 5) is 40.3. The molecular weight excluding hydrogens is 466 g/mol. The van der Waals surface area contributed by atoms with E-state index in [2.05, 4.69) is 12.6 Å². The van der Waals surface area contributed by atoms with E-state index in [1.54, 1.807) is 11.8 Å². The number of carboxylic acids is 1. The Morgan fingerprint density at radius 1 is 1.11 bits per heavy atom. The summed E-state index contributed by atoms with van der Waals surface area (Å²) in [5.41, 5.74) is 6.86. The van der Waals surface area contributed by atoms with Gasteiger partial charge in [-0.15, -0.1) is 0 Å². The minimum absolute atomic E-state index is 0.152. The molecule has 1 heterocycles. The number of rotatable bonds is 11. The molecule has 0 aromatic heterocycles. The van der Waals surface area contributed by atoms with Crippen molar-refractivity contribution < 1.29 is 29.1 Å². The van der Waals surface area contributed by atoms with Crippen LogP contribution in [-0.2, 0) is 16.0 Å². The molecule has 1 aliphatic rings. The standard InChI is InChI=1S/C26H35N3O5S/c1-18-5-4-15-29(18,26(33)34)24(30)22(12-16-35)28(14-13-27)23(25(31)32)11-9-19-8-10-20-6-2-3-7-21(20)17-19/h2-3,6-8,10,17-18,22-23H,4-5,9,11-16,27H2,1H3,(H2-,31,32,33,34,35)/p+1/t18?,22-,23?,29-/m0/s1. The number of carbonyl (C=O) groups excluding carboxylic acids is 1. The van der Waals surface area contributed by atoms with Crippen molar-refractivity contribution >= 4 is 41.4 Å². The number of hydrogen-bond donors (Lipinski definition) is 4. The van der Waals surface area contributed by atoms with Gasteiger partial charge < -0.3 is 15.9 Å². The number of thiol groups is 1. The molecular formula is C26H36N3O5S+. The molecule has 3 rings (SSSR count). The van der Waals surface area contributed by atoms with Gasteiger partial charge in [0, 0.05) is 25.9 Å². The van der Waals surface area contributed by atoms with E-state index < -0.39 is 34.5 Å². The van der Waals surface area contributed by atoms with Crippen molar-refractivity contribution in [1.82, 2.24) is 4.90 Å². The fraction of sp³-hybridized carbons (Fsp3) is 0.500. The Labute approximate surface area is 211 Å². The SMILES string of the molecule is CC1CCC[N@@+]1(C(=O)O)C(=O)[C@H](CCS)N(CCN)C(CCc1ccc2ccccc2c1)C(=O)O. The van der Waals surface area contributed by atoms with Crippen LogP contribution in [0.25, 0.3) is 10.8 Å². The van der Waals surface area contributed by atoms with Crippen LogP contribution in [0, 0.1) is 0 Å². The van der Waals surface area contributed by atoms with Crippen LogP contribution in [0.1, 0.15) is 38.2 Å². The molecule has 0 radical (unpaired) electrons. The van der Waals surface area contributed by atoms with Crippen LogP contribution in [-0.4, -0.2) is 81.1 Å². The van der Waals surface area contributed by atoms with Gasteiger partial charge in [0.1, 0.15) is 18.1 Å². The number of likely N-dealkylation sites (tertiary alicyclic amines) is 1. The van der Waals surface area contributed by atoms with E-state index in [1.165, 1.54) is 0 Å². The Bertz CT molecular complexity index is 1060. The average Bonchev–Trinajstić information content (AvgIpc) is 3.23. The monoisotopic (exact) mass is 502 g/mol. The van der Waals surface area contributed by atoms with Crippen LogP contribution in [0.5, 0.6) is 0 Å². The molecule has 1 aliphatic heterocycles. The number of fused-ring (bicyclic) bond motifs is 1. The minimum Gasteiger partial charge on any atom is -0.480 e. The van der Waals surface area contributed by atoms with Crippen molar-refractivity contribution in [2.45, 2.75) is 57.2 Å². The molecule has 1 fully saturated rings. The molecule has 1 saturated heterocycles. The van der Waals surface area contributed by atoms with Crippen molar-refractivity contribution in [3.05, 3.63) is 48.0 Å². The number of imide groups is 1. The molecule has 2 amide bonds. The zero-order chi connectivity index (χ0) is 25.6. The number of aryl methyl sites for hydroxylation is 1. The maximum atomic E-state index is 13.9. The van der Waals surface area contributed by atoms with Crippen molar-refractivity contribution in [2.75, 3.05) is 25.4 Å². The largest absolute Gasteiger partial charge is 0.521 e. The van der Waals surface area contributed by atoms with Gasteiger partial charge in [0.25, 0.3) is 0 Å². The highest BCUT2D eigenvalue weighted by Gasteiger charge is 2.56. The van der Waals surface area contributed by atoms with Gasteiger partial charge in [-0.25, -0.2) is 4.79 Å². The maximum Gasteiger partial charge on any atom is 0.521 e. The van der Waals surface area contributed by atoms with Gasteiger partial charge in [-0.05, 0) is 48.3 Å². The van der Waals surface area contributed by atoms with Gasteiger partial charge >= 0.3 is 18.0 Å². The quantitative estimate of drug-likeness (QED) is 0.275. The summed E-state index contributed by atoms with van der Waals surface area (Å²) in [5, 5.41) is 22.5. The fourth-order valence-corrected chi connectivity index (χ4v) is 5.65. The molecule has 190 valence electrons. The number of quaternary nitrogens is 1. The van der Waals surface area contributed by atoms with Crippen molar-refractivity contribution in [2.24, 2.45) is 5.73 Å². The Morgan fingerprint density at radius 3 is 2.40 bits per heavy atom. The lowest BCUT2D eigenvalue weighted by atomic mass is 9.98. The van der Waals surface area contributed by atoms with E-state index >= 15 is 0 Å². The molecule has 2 aromatic carbocycles. The Kier molecular flexibility index (Phi) is 9.29. The first kappa shape index (κ1) is 27.1. The predicted octanol–water partition coefficient (Wildman–Crippen LogP) is 3.38. The number of nitrogens with two attached hydrogens (primary N) is 1. The van der Waals surface area contributed by atoms with Crippen molar-refractivity contribution in [3.8, 4) is 0 Å². The van der Waals surface area contributed by atoms with Crippen LogP contribution in [0.2, 0.25) is 0 Å². The number of benzene rings is 2. The van der Waals surface area contributed by atoms with Crippen molar-refractivity contribution in [1.29, 1.82) is 0 Å². The van der Waals surface area contributed by atoms with Crippen LogP contribution < -0.4 is 5.73 Å². The number of hydrogen-bond acceptors (Lipinski definition) is 6. The topological polar surface area (TPSA) is 121 Å². The van der Waals surface area contributed by atoms with Crippen LogP contribution in [0.4, 0.5) is 4.79 Å². The van der Waals surface area contributed by atoms with Crippen LogP contribution in [0.15, 0.2) is 42.5 Å². The van der Waals surface area contributed by atoms with E-state index in [0.29, 0.717) is 25.0 Å². The zero-order valence-electron chi connectivity index (χ0n) is 20.2. The van der Waals surface area contributed by atoms with E-state index in [-0.39, 0.29) is 38.5 Å². The van der Waals surface area contributed by atoms with Crippen LogP contribution >= 0.6 is 12.6 Å². The normalized spacial score (nSPS) is 21.8. The first-order valence-electron chi connectivity index (χ1n) is 12.2. The second-order valence-corrected chi connectivity index (χ2v) is 9.78. The van der Waals surface area contributed by atoms with Gasteiger partial charge in [0.15, 0.2) is 0 Å². The number of carboxylic acid groups (broad SMARTS) is 2. The molecule has 2 aromatic rings. The summed E-state index contributed by atoms with van der Waals surface area (Å²) in [6, 6.07) is 11.8. The Morgan fingerprint density at radius 2 is 1.83 bits per heavy atom. The Balaban J connectivity index is 1.90. The molecule has 35 heavy (non-hydrogen) atoms. The van der Waals surface area contributed by atoms with Crippen molar-refractivity contribution in [3.63, 3.8) is 0 Å². The second-order valence-electron chi connectivity index (χ2n) is 9.33. The zero-order valence-corrected chi connectivity index (χ0v) is 21.1. The first-order valence-corrected chi connectivity index (χ1v) is 12.8. The highest BCUT2D eigenvalue weighted by atomic mass is 32.1. The van der Waals surface area contributed by atoms with E-state index in [9.17, 15) is 24.6 Å². The highest BCUT2D eigenvalue weighted by molar-refractivity contribution is 7.80. The lowest BCUT2D eigenvalue weighted by Crippen LogP contribution is -2.66. The molecule has 2 unspecified atom stereocenters. The van der Waals surface area contributed by atoms with Gasteiger partial charge in [0.2, 0.25) is 0 Å². The molecule has 0 saturated carbocycles. The second kappa shape index (κ2) is 12.0. The minimum atomic E-state index is -1.18. The van der Waals surface area contributed by atoms with E-state index in [4.69, 9.17) is 5.73 Å². The molecule has 9 heteroatoms. The summed E-state index contributed by atoms with van der Waals surface area (Å²) in [6.45, 7) is 2.31. The van der Waals surface area contributed by atoms with E-state index in [1.807, 2.05) is 42.5 Å². The molecule has 4 N–H and O–H groups in total. The third-order valence-corrected chi connectivity index (χ3v) is 7.56. The average molecular weight is 503 g/mol. The first-order chi connectivity index (χ1) is 16.8. The third-order valence-electron chi connectivity index (χ3n) is 7.30. The maximum absolute atomic E-state index is 13.9. The Hall–Kier alpha value is -2.46. The summed E-state index contributed by atoms with van der Waals surface area (Å²) in [7, 11) is 0. The lowest BCUT2D eigenvalue weighted by Gasteiger charge is -2.39. The summed E-state index contributed by atoms with van der Waals surface area (Å²) >= 11 is 4.31. The smallest absolute Gasteiger partial charge is 0.480 e. The number of aliphatic carboxylic acids is 1. The summed E-state index contributed by atoms with van der Waals surface area (Å²) < 4.78 is -0.670. The number of nitrogens with zero attached hydrogens (tertiary/aromatic N) is 2. The fourth-order valence-electron chi connectivity index (χ4n) is 5.41. The van der Waals surface area contributed by atoms with Gasteiger partial charge in [0.05, 0.1) is 6.54 Å². The molecule has 0 spiro atoms. The van der Waals surface area contributed by atoms with Crippen LogP contribution in [0.3, 0.4) is 0 Å².